The minimum Gasteiger partial charge on any atom is -0.352 e. The van der Waals surface area contributed by atoms with Gasteiger partial charge in [0.25, 0.3) is 5.91 Å². The maximum absolute atomic E-state index is 11.6. The van der Waals surface area contributed by atoms with E-state index in [0.29, 0.717) is 12.5 Å². The fraction of sp³-hybridized carbons (Fsp3) is 0.417. The molecule has 0 fully saturated rings. The average molecular weight is 270 g/mol. The van der Waals surface area contributed by atoms with Crippen molar-refractivity contribution in [2.45, 2.75) is 13.8 Å². The van der Waals surface area contributed by atoms with Crippen LogP contribution in [0.3, 0.4) is 0 Å². The van der Waals surface area contributed by atoms with Gasteiger partial charge in [-0.1, -0.05) is 40.5 Å². The van der Waals surface area contributed by atoms with Crippen molar-refractivity contribution in [1.82, 2.24) is 5.32 Å². The molecular weight excluding hydrogens is 254 g/mol. The zero-order chi connectivity index (χ0) is 11.3. The second-order valence-corrected chi connectivity index (χ2v) is 4.48. The number of carbonyl (C=O) groups is 1. The van der Waals surface area contributed by atoms with Gasteiger partial charge in [-0.05, 0) is 25.0 Å². The maximum Gasteiger partial charge on any atom is 0.251 e. The number of carbonyl (C=O) groups excluding carboxylic acids is 1. The summed E-state index contributed by atoms with van der Waals surface area (Å²) in [7, 11) is 0. The van der Waals surface area contributed by atoms with Crippen LogP contribution in [-0.2, 0) is 0 Å². The summed E-state index contributed by atoms with van der Waals surface area (Å²) in [6.45, 7) is 4.80. The van der Waals surface area contributed by atoms with Crippen molar-refractivity contribution in [3.63, 3.8) is 0 Å². The Morgan fingerprint density at radius 1 is 1.40 bits per heavy atom. The normalized spacial score (nSPS) is 12.2. The van der Waals surface area contributed by atoms with Gasteiger partial charge in [-0.2, -0.15) is 0 Å². The van der Waals surface area contributed by atoms with E-state index < -0.39 is 0 Å². The monoisotopic (exact) mass is 269 g/mol. The molecule has 1 unspecified atom stereocenters. The highest BCUT2D eigenvalue weighted by atomic mass is 79.9. The van der Waals surface area contributed by atoms with Gasteiger partial charge in [-0.25, -0.2) is 0 Å². The van der Waals surface area contributed by atoms with E-state index in [1.807, 2.05) is 31.2 Å². The summed E-state index contributed by atoms with van der Waals surface area (Å²) in [5, 5.41) is 3.80. The van der Waals surface area contributed by atoms with E-state index in [9.17, 15) is 4.79 Å². The summed E-state index contributed by atoms with van der Waals surface area (Å²) in [6, 6.07) is 7.60. The predicted molar refractivity (Wildman–Crippen MR) is 66.5 cm³/mol. The van der Waals surface area contributed by atoms with E-state index in [-0.39, 0.29) is 5.91 Å². The first kappa shape index (κ1) is 12.2. The lowest BCUT2D eigenvalue weighted by Gasteiger charge is -2.09. The molecule has 1 aromatic rings. The van der Waals surface area contributed by atoms with Crippen molar-refractivity contribution in [2.24, 2.45) is 5.92 Å². The SMILES string of the molecule is Cc1ccc(C(=O)NCC(C)CBr)cc1. The molecule has 0 spiro atoms. The van der Waals surface area contributed by atoms with Crippen LogP contribution in [0.1, 0.15) is 22.8 Å². The molecule has 0 saturated carbocycles. The van der Waals surface area contributed by atoms with E-state index in [2.05, 4.69) is 28.2 Å². The van der Waals surface area contributed by atoms with E-state index >= 15 is 0 Å². The van der Waals surface area contributed by atoms with E-state index in [4.69, 9.17) is 0 Å². The lowest BCUT2D eigenvalue weighted by atomic mass is 10.1. The van der Waals surface area contributed by atoms with E-state index in [1.54, 1.807) is 0 Å². The zero-order valence-corrected chi connectivity index (χ0v) is 10.7. The third kappa shape index (κ3) is 4.04. The number of alkyl halides is 1. The van der Waals surface area contributed by atoms with Gasteiger partial charge < -0.3 is 5.32 Å². The van der Waals surface area contributed by atoms with Crippen molar-refractivity contribution in [2.75, 3.05) is 11.9 Å². The molecule has 82 valence electrons. The number of hydrogen-bond donors (Lipinski definition) is 1. The van der Waals surface area contributed by atoms with Crippen LogP contribution in [0.15, 0.2) is 24.3 Å². The highest BCUT2D eigenvalue weighted by Gasteiger charge is 2.06. The second kappa shape index (κ2) is 5.91. The molecule has 1 N–H and O–H groups in total. The van der Waals surface area contributed by atoms with Gasteiger partial charge >= 0.3 is 0 Å². The lowest BCUT2D eigenvalue weighted by molar-refractivity contribution is 0.0949. The van der Waals surface area contributed by atoms with Crippen LogP contribution >= 0.6 is 15.9 Å². The lowest BCUT2D eigenvalue weighted by Crippen LogP contribution is -2.28. The highest BCUT2D eigenvalue weighted by molar-refractivity contribution is 9.09. The minimum atomic E-state index is 0.00259. The van der Waals surface area contributed by atoms with Crippen LogP contribution < -0.4 is 5.32 Å². The molecule has 0 aliphatic carbocycles. The maximum atomic E-state index is 11.6. The first-order valence-corrected chi connectivity index (χ1v) is 6.16. The van der Waals surface area contributed by atoms with Crippen molar-refractivity contribution in [3.05, 3.63) is 35.4 Å². The summed E-state index contributed by atoms with van der Waals surface area (Å²) >= 11 is 3.38. The number of amides is 1. The number of benzene rings is 1. The second-order valence-electron chi connectivity index (χ2n) is 3.84. The van der Waals surface area contributed by atoms with Gasteiger partial charge in [0.2, 0.25) is 0 Å². The Labute approximate surface area is 99.2 Å². The van der Waals surface area contributed by atoms with E-state index in [0.717, 1.165) is 10.9 Å². The van der Waals surface area contributed by atoms with Crippen LogP contribution in [0, 0.1) is 12.8 Å². The van der Waals surface area contributed by atoms with E-state index in [1.165, 1.54) is 5.56 Å². The molecule has 0 aromatic heterocycles. The largest absolute Gasteiger partial charge is 0.352 e. The average Bonchev–Trinajstić information content (AvgIpc) is 2.26. The Morgan fingerprint density at radius 3 is 2.53 bits per heavy atom. The smallest absolute Gasteiger partial charge is 0.251 e. The van der Waals surface area contributed by atoms with Crippen molar-refractivity contribution in [1.29, 1.82) is 0 Å². The quantitative estimate of drug-likeness (QED) is 0.837. The van der Waals surface area contributed by atoms with Crippen LogP contribution in [0.4, 0.5) is 0 Å². The Kier molecular flexibility index (Phi) is 4.82. The molecule has 1 amide bonds. The van der Waals surface area contributed by atoms with Gasteiger partial charge in [0, 0.05) is 17.4 Å². The Bertz CT molecular complexity index is 321. The van der Waals surface area contributed by atoms with Gasteiger partial charge in [0.1, 0.15) is 0 Å². The van der Waals surface area contributed by atoms with Crippen molar-refractivity contribution >= 4 is 21.8 Å². The molecule has 15 heavy (non-hydrogen) atoms. The summed E-state index contributed by atoms with van der Waals surface area (Å²) in [6.07, 6.45) is 0. The summed E-state index contributed by atoms with van der Waals surface area (Å²) in [4.78, 5) is 11.6. The summed E-state index contributed by atoms with van der Waals surface area (Å²) < 4.78 is 0. The van der Waals surface area contributed by atoms with Crippen LogP contribution in [0.25, 0.3) is 0 Å². The fourth-order valence-corrected chi connectivity index (χ4v) is 1.36. The number of rotatable bonds is 4. The molecule has 0 heterocycles. The van der Waals surface area contributed by atoms with Gasteiger partial charge in [0.05, 0.1) is 0 Å². The zero-order valence-electron chi connectivity index (χ0n) is 9.09. The minimum absolute atomic E-state index is 0.00259. The molecule has 1 atom stereocenters. The van der Waals surface area contributed by atoms with Gasteiger partial charge in [0.15, 0.2) is 0 Å². The third-order valence-corrected chi connectivity index (χ3v) is 3.29. The molecule has 0 saturated heterocycles. The van der Waals surface area contributed by atoms with Crippen molar-refractivity contribution < 1.29 is 4.79 Å². The molecule has 1 aromatic carbocycles. The number of halogens is 1. The van der Waals surface area contributed by atoms with Gasteiger partial charge in [-0.15, -0.1) is 0 Å². The molecule has 0 radical (unpaired) electrons. The van der Waals surface area contributed by atoms with Crippen LogP contribution in [0.2, 0.25) is 0 Å². The third-order valence-electron chi connectivity index (χ3n) is 2.19. The Morgan fingerprint density at radius 2 is 2.00 bits per heavy atom. The number of nitrogens with one attached hydrogen (secondary N) is 1. The topological polar surface area (TPSA) is 29.1 Å². The molecule has 3 heteroatoms. The van der Waals surface area contributed by atoms with Crippen LogP contribution in [-0.4, -0.2) is 17.8 Å². The highest BCUT2D eigenvalue weighted by Crippen LogP contribution is 2.03. The fourth-order valence-electron chi connectivity index (χ4n) is 1.13. The predicted octanol–water partition coefficient (Wildman–Crippen LogP) is 2.76. The Balaban J connectivity index is 2.50. The Hall–Kier alpha value is -0.830. The number of aryl methyl sites for hydroxylation is 1. The molecular formula is C12H16BrNO. The van der Waals surface area contributed by atoms with Crippen LogP contribution in [0.5, 0.6) is 0 Å². The summed E-state index contributed by atoms with van der Waals surface area (Å²) in [5.74, 6) is 0.460. The van der Waals surface area contributed by atoms with Crippen molar-refractivity contribution in [3.8, 4) is 0 Å². The summed E-state index contributed by atoms with van der Waals surface area (Å²) in [5.41, 5.74) is 1.89. The standard InChI is InChI=1S/C12H16BrNO/c1-9-3-5-11(6-4-9)12(15)14-8-10(2)7-13/h3-6,10H,7-8H2,1-2H3,(H,14,15). The molecule has 1 rings (SSSR count). The number of hydrogen-bond acceptors (Lipinski definition) is 1. The molecule has 0 aliphatic rings. The molecule has 0 aliphatic heterocycles. The van der Waals surface area contributed by atoms with Gasteiger partial charge in [-0.3, -0.25) is 4.79 Å². The first-order valence-electron chi connectivity index (χ1n) is 5.04. The first-order chi connectivity index (χ1) is 7.13. The molecule has 0 bridgehead atoms. The molecule has 2 nitrogen and oxygen atoms in total.